The van der Waals surface area contributed by atoms with Crippen molar-refractivity contribution in [1.82, 2.24) is 10.3 Å². The van der Waals surface area contributed by atoms with E-state index in [1.54, 1.807) is 18.4 Å². The lowest BCUT2D eigenvalue weighted by Crippen LogP contribution is -2.17. The van der Waals surface area contributed by atoms with Crippen LogP contribution in [0.1, 0.15) is 23.4 Å². The van der Waals surface area contributed by atoms with Crippen molar-refractivity contribution in [2.75, 3.05) is 7.11 Å². The summed E-state index contributed by atoms with van der Waals surface area (Å²) in [6.45, 7) is 3.00. The van der Waals surface area contributed by atoms with Crippen LogP contribution in [0.3, 0.4) is 0 Å². The molecule has 1 heterocycles. The first-order chi connectivity index (χ1) is 8.29. The highest BCUT2D eigenvalue weighted by atomic mass is 32.1. The zero-order valence-corrected chi connectivity index (χ0v) is 10.8. The number of rotatable bonds is 5. The van der Waals surface area contributed by atoms with Gasteiger partial charge in [0.2, 0.25) is 0 Å². The number of thiazole rings is 1. The van der Waals surface area contributed by atoms with Crippen LogP contribution in [0.4, 0.5) is 0 Å². The molecule has 0 amide bonds. The van der Waals surface area contributed by atoms with Gasteiger partial charge < -0.3 is 10.1 Å². The van der Waals surface area contributed by atoms with Crippen LogP contribution < -0.4 is 10.1 Å². The van der Waals surface area contributed by atoms with E-state index in [0.717, 1.165) is 12.3 Å². The lowest BCUT2D eigenvalue weighted by Gasteiger charge is -2.11. The van der Waals surface area contributed by atoms with E-state index in [2.05, 4.69) is 29.4 Å². The summed E-state index contributed by atoms with van der Waals surface area (Å²) in [5.74, 6) is 0.893. The van der Waals surface area contributed by atoms with Crippen molar-refractivity contribution < 1.29 is 4.74 Å². The summed E-state index contributed by atoms with van der Waals surface area (Å²) in [7, 11) is 1.68. The molecule has 0 saturated carbocycles. The number of ether oxygens (including phenoxy) is 1. The zero-order valence-electron chi connectivity index (χ0n) is 10.0. The first-order valence-electron chi connectivity index (χ1n) is 5.54. The fraction of sp³-hybridized carbons (Fsp3) is 0.308. The Morgan fingerprint density at radius 3 is 2.71 bits per heavy atom. The van der Waals surface area contributed by atoms with E-state index >= 15 is 0 Å². The highest BCUT2D eigenvalue weighted by Crippen LogP contribution is 2.17. The molecule has 0 aliphatic carbocycles. The van der Waals surface area contributed by atoms with Crippen molar-refractivity contribution >= 4 is 11.3 Å². The van der Waals surface area contributed by atoms with Crippen LogP contribution in [0.5, 0.6) is 5.75 Å². The van der Waals surface area contributed by atoms with Gasteiger partial charge >= 0.3 is 0 Å². The number of nitrogens with one attached hydrogen (secondary N) is 1. The molecule has 0 radical (unpaired) electrons. The highest BCUT2D eigenvalue weighted by Gasteiger charge is 2.05. The number of hydrogen-bond acceptors (Lipinski definition) is 4. The Balaban J connectivity index is 1.89. The molecule has 0 spiro atoms. The molecule has 17 heavy (non-hydrogen) atoms. The minimum absolute atomic E-state index is 0.338. The summed E-state index contributed by atoms with van der Waals surface area (Å²) < 4.78 is 5.13. The Kier molecular flexibility index (Phi) is 4.12. The minimum Gasteiger partial charge on any atom is -0.497 e. The first-order valence-corrected chi connectivity index (χ1v) is 6.42. The molecule has 2 aromatic rings. The van der Waals surface area contributed by atoms with E-state index in [9.17, 15) is 0 Å². The van der Waals surface area contributed by atoms with E-state index in [1.165, 1.54) is 10.4 Å². The number of hydrogen-bond donors (Lipinski definition) is 1. The van der Waals surface area contributed by atoms with Crippen LogP contribution in [-0.2, 0) is 6.54 Å². The number of methoxy groups -OCH3 is 1. The molecule has 4 heteroatoms. The predicted octanol–water partition coefficient (Wildman–Crippen LogP) is 3.00. The molecule has 1 N–H and O–H groups in total. The third-order valence-corrected chi connectivity index (χ3v) is 3.61. The summed E-state index contributed by atoms with van der Waals surface area (Å²) in [5.41, 5.74) is 3.11. The van der Waals surface area contributed by atoms with Crippen LogP contribution in [-0.4, -0.2) is 12.1 Å². The molecule has 1 aromatic carbocycles. The van der Waals surface area contributed by atoms with Crippen molar-refractivity contribution in [2.24, 2.45) is 0 Å². The molecule has 1 unspecified atom stereocenters. The second-order valence-electron chi connectivity index (χ2n) is 3.85. The van der Waals surface area contributed by atoms with Gasteiger partial charge in [-0.2, -0.15) is 0 Å². The summed E-state index contributed by atoms with van der Waals surface area (Å²) in [6.07, 6.45) is 1.91. The summed E-state index contributed by atoms with van der Waals surface area (Å²) in [6, 6.07) is 8.45. The van der Waals surface area contributed by atoms with Crippen LogP contribution >= 0.6 is 11.3 Å². The van der Waals surface area contributed by atoms with E-state index in [0.29, 0.717) is 6.04 Å². The molecule has 0 saturated heterocycles. The topological polar surface area (TPSA) is 34.1 Å². The smallest absolute Gasteiger partial charge is 0.118 e. The third kappa shape index (κ3) is 3.28. The number of aromatic nitrogens is 1. The van der Waals surface area contributed by atoms with E-state index < -0.39 is 0 Å². The number of nitrogens with zero attached hydrogens (tertiary/aromatic N) is 1. The van der Waals surface area contributed by atoms with Gasteiger partial charge in [-0.3, -0.25) is 4.98 Å². The largest absolute Gasteiger partial charge is 0.497 e. The third-order valence-electron chi connectivity index (χ3n) is 2.65. The Hall–Kier alpha value is -1.39. The molecule has 90 valence electrons. The monoisotopic (exact) mass is 248 g/mol. The van der Waals surface area contributed by atoms with Gasteiger partial charge in [0.25, 0.3) is 0 Å². The average molecular weight is 248 g/mol. The molecular formula is C13H16N2OS. The predicted molar refractivity (Wildman–Crippen MR) is 70.4 cm³/mol. The molecule has 2 rings (SSSR count). The second-order valence-corrected chi connectivity index (χ2v) is 4.77. The SMILES string of the molecule is COc1ccc(CNC(C)c2cncs2)cc1. The second kappa shape index (κ2) is 5.80. The van der Waals surface area contributed by atoms with E-state index in [4.69, 9.17) is 4.74 Å². The maximum Gasteiger partial charge on any atom is 0.118 e. The summed E-state index contributed by atoms with van der Waals surface area (Å²) in [4.78, 5) is 5.35. The van der Waals surface area contributed by atoms with Gasteiger partial charge in [-0.25, -0.2) is 0 Å². The summed E-state index contributed by atoms with van der Waals surface area (Å²) in [5, 5.41) is 3.47. The Morgan fingerprint density at radius 2 is 2.12 bits per heavy atom. The van der Waals surface area contributed by atoms with Crippen molar-refractivity contribution in [3.63, 3.8) is 0 Å². The van der Waals surface area contributed by atoms with Crippen LogP contribution in [0, 0.1) is 0 Å². The van der Waals surface area contributed by atoms with Crippen molar-refractivity contribution in [2.45, 2.75) is 19.5 Å². The molecular weight excluding hydrogens is 232 g/mol. The first kappa shape index (κ1) is 12.1. The molecule has 0 aliphatic rings. The summed E-state index contributed by atoms with van der Waals surface area (Å²) >= 11 is 1.68. The normalized spacial score (nSPS) is 12.4. The van der Waals surface area contributed by atoms with Crippen LogP contribution in [0.2, 0.25) is 0 Å². The van der Waals surface area contributed by atoms with Gasteiger partial charge in [0.05, 0.1) is 12.6 Å². The minimum atomic E-state index is 0.338. The van der Waals surface area contributed by atoms with Crippen molar-refractivity contribution in [3.8, 4) is 5.75 Å². The maximum atomic E-state index is 5.13. The molecule has 0 aliphatic heterocycles. The highest BCUT2D eigenvalue weighted by molar-refractivity contribution is 7.09. The molecule has 3 nitrogen and oxygen atoms in total. The Morgan fingerprint density at radius 1 is 1.35 bits per heavy atom. The van der Waals surface area contributed by atoms with Gasteiger partial charge in [0.1, 0.15) is 5.75 Å². The quantitative estimate of drug-likeness (QED) is 0.883. The fourth-order valence-corrected chi connectivity index (χ4v) is 2.21. The molecule has 1 aromatic heterocycles. The average Bonchev–Trinajstić information content (AvgIpc) is 2.90. The van der Waals surface area contributed by atoms with E-state index in [-0.39, 0.29) is 0 Å². The van der Waals surface area contributed by atoms with Crippen molar-refractivity contribution in [3.05, 3.63) is 46.4 Å². The van der Waals surface area contributed by atoms with Gasteiger partial charge in [-0.1, -0.05) is 12.1 Å². The fourth-order valence-electron chi connectivity index (χ4n) is 1.55. The number of benzene rings is 1. The van der Waals surface area contributed by atoms with Crippen molar-refractivity contribution in [1.29, 1.82) is 0 Å². The van der Waals surface area contributed by atoms with Crippen LogP contribution in [0.25, 0.3) is 0 Å². The zero-order chi connectivity index (χ0) is 12.1. The maximum absolute atomic E-state index is 5.13. The lowest BCUT2D eigenvalue weighted by molar-refractivity contribution is 0.414. The molecule has 0 fully saturated rings. The van der Waals surface area contributed by atoms with Gasteiger partial charge in [-0.05, 0) is 24.6 Å². The van der Waals surface area contributed by atoms with Crippen LogP contribution in [0.15, 0.2) is 36.0 Å². The molecule has 1 atom stereocenters. The Labute approximate surface area is 105 Å². The van der Waals surface area contributed by atoms with Gasteiger partial charge in [0, 0.05) is 23.7 Å². The lowest BCUT2D eigenvalue weighted by atomic mass is 10.2. The van der Waals surface area contributed by atoms with E-state index in [1.807, 2.05) is 23.8 Å². The standard InChI is InChI=1S/C13H16N2OS/c1-10(13-8-14-9-17-13)15-7-11-3-5-12(16-2)6-4-11/h3-6,8-10,15H,7H2,1-2H3. The van der Waals surface area contributed by atoms with Gasteiger partial charge in [-0.15, -0.1) is 11.3 Å². The molecule has 0 bridgehead atoms. The Bertz CT molecular complexity index is 439. The van der Waals surface area contributed by atoms with Gasteiger partial charge in [0.15, 0.2) is 0 Å².